The number of non-ortho nitro benzene ring substituents is 1. The molecule has 0 aliphatic rings. The Balaban J connectivity index is 2.20. The molecule has 0 bridgehead atoms. The van der Waals surface area contributed by atoms with E-state index in [-0.39, 0.29) is 5.56 Å². The molecule has 240 valence electrons. The fraction of sp³-hybridized carbons (Fsp3) is 0. The van der Waals surface area contributed by atoms with Gasteiger partial charge in [-0.2, -0.15) is 0 Å². The highest BCUT2D eigenvalue weighted by Crippen LogP contribution is 2.56. The van der Waals surface area contributed by atoms with E-state index in [1.165, 1.54) is 0 Å². The summed E-state index contributed by atoms with van der Waals surface area (Å²) >= 11 is 31.3. The van der Waals surface area contributed by atoms with Crippen LogP contribution in [0.5, 0.6) is 0 Å². The van der Waals surface area contributed by atoms with Crippen molar-refractivity contribution in [3.05, 3.63) is 128 Å². The lowest BCUT2D eigenvalue weighted by atomic mass is 9.92. The molecule has 0 fully saturated rings. The molecule has 0 aliphatic carbocycles. The summed E-state index contributed by atoms with van der Waals surface area (Å²) < 4.78 is 0. The Morgan fingerprint density at radius 2 is 0.915 bits per heavy atom. The Morgan fingerprint density at radius 1 is 0.426 bits per heavy atom. The molecule has 0 spiro atoms. The Kier molecular flexibility index (Phi) is 9.46. The van der Waals surface area contributed by atoms with Crippen molar-refractivity contribution >= 4 is 92.1 Å². The lowest BCUT2D eigenvalue weighted by Crippen LogP contribution is -2.05. The second-order valence-corrected chi connectivity index (χ2v) is 10.9. The zero-order valence-corrected chi connectivity index (χ0v) is 25.8. The molecule has 0 saturated carbocycles. The summed E-state index contributed by atoms with van der Waals surface area (Å²) in [5.74, 6) is 0. The van der Waals surface area contributed by atoms with Gasteiger partial charge < -0.3 is 0 Å². The second-order valence-electron chi connectivity index (χ2n) is 8.93. The maximum Gasteiger partial charge on any atom is 0.303 e. The van der Waals surface area contributed by atoms with Crippen molar-refractivity contribution in [2.45, 2.75) is 0 Å². The molecule has 4 aromatic rings. The predicted octanol–water partition coefficient (Wildman–Crippen LogP) is 9.40. The number of benzene rings is 4. The highest BCUT2D eigenvalue weighted by atomic mass is 35.5. The summed E-state index contributed by atoms with van der Waals surface area (Å²) in [6.07, 6.45) is 0. The van der Waals surface area contributed by atoms with Crippen molar-refractivity contribution < 1.29 is 29.5 Å². The minimum absolute atomic E-state index is 0.101. The molecule has 0 atom stereocenters. The molecule has 4 aromatic carbocycles. The predicted molar refractivity (Wildman–Crippen MR) is 168 cm³/mol. The molecular formula is C24H7Cl5N6O12. The van der Waals surface area contributed by atoms with Crippen LogP contribution < -0.4 is 0 Å². The van der Waals surface area contributed by atoms with Gasteiger partial charge in [0.1, 0.15) is 20.6 Å². The zero-order valence-electron chi connectivity index (χ0n) is 22.0. The lowest BCUT2D eigenvalue weighted by molar-refractivity contribution is -0.395. The first-order chi connectivity index (χ1) is 21.9. The van der Waals surface area contributed by atoms with Crippen LogP contribution in [0.25, 0.3) is 33.4 Å². The number of hydrogen-bond donors (Lipinski definition) is 0. The Labute approximate surface area is 282 Å². The van der Waals surface area contributed by atoms with Crippen LogP contribution in [0, 0.1) is 60.7 Å². The normalized spacial score (nSPS) is 10.8. The van der Waals surface area contributed by atoms with Crippen molar-refractivity contribution in [2.24, 2.45) is 0 Å². The van der Waals surface area contributed by atoms with Crippen molar-refractivity contribution in [1.29, 1.82) is 0 Å². The second kappa shape index (κ2) is 12.9. The molecule has 0 amide bonds. The molecule has 4 rings (SSSR count). The number of rotatable bonds is 9. The van der Waals surface area contributed by atoms with Crippen LogP contribution in [0.2, 0.25) is 25.1 Å². The molecule has 18 nitrogen and oxygen atoms in total. The zero-order chi connectivity index (χ0) is 35.2. The summed E-state index contributed by atoms with van der Waals surface area (Å²) in [6, 6.07) is 5.84. The first kappa shape index (κ1) is 34.6. The van der Waals surface area contributed by atoms with E-state index >= 15 is 0 Å². The topological polar surface area (TPSA) is 259 Å². The summed E-state index contributed by atoms with van der Waals surface area (Å²) in [5.41, 5.74) is -10.1. The van der Waals surface area contributed by atoms with Gasteiger partial charge in [-0.25, -0.2) is 0 Å². The quantitative estimate of drug-likeness (QED) is 0.114. The Bertz CT molecular complexity index is 2130. The van der Waals surface area contributed by atoms with Gasteiger partial charge in [0.15, 0.2) is 0 Å². The average molecular weight is 749 g/mol. The summed E-state index contributed by atoms with van der Waals surface area (Å²) in [4.78, 5) is 64.7. The summed E-state index contributed by atoms with van der Waals surface area (Å²) in [7, 11) is 0. The average Bonchev–Trinajstić information content (AvgIpc) is 2.98. The number of hydrogen-bond acceptors (Lipinski definition) is 12. The molecule has 47 heavy (non-hydrogen) atoms. The number of nitro benzene ring substituents is 6. The van der Waals surface area contributed by atoms with E-state index in [2.05, 4.69) is 0 Å². The molecule has 0 saturated heterocycles. The van der Waals surface area contributed by atoms with Gasteiger partial charge in [0.05, 0.1) is 56.8 Å². The van der Waals surface area contributed by atoms with Crippen LogP contribution in [0.15, 0.2) is 42.5 Å². The third-order valence-electron chi connectivity index (χ3n) is 6.44. The minimum Gasteiger partial charge on any atom is -0.258 e. The van der Waals surface area contributed by atoms with Crippen molar-refractivity contribution in [1.82, 2.24) is 0 Å². The maximum atomic E-state index is 12.4. The van der Waals surface area contributed by atoms with Gasteiger partial charge in [-0.3, -0.25) is 60.7 Å². The van der Waals surface area contributed by atoms with Crippen LogP contribution >= 0.6 is 58.0 Å². The van der Waals surface area contributed by atoms with Crippen molar-refractivity contribution in [3.8, 4) is 33.4 Å². The minimum atomic E-state index is -1.37. The van der Waals surface area contributed by atoms with Gasteiger partial charge in [0.2, 0.25) is 0 Å². The van der Waals surface area contributed by atoms with Gasteiger partial charge in [-0.1, -0.05) is 58.0 Å². The molecule has 0 radical (unpaired) electrons. The summed E-state index contributed by atoms with van der Waals surface area (Å²) in [5, 5.41) is 67.1. The van der Waals surface area contributed by atoms with Crippen LogP contribution in [0.4, 0.5) is 34.1 Å². The first-order valence-corrected chi connectivity index (χ1v) is 13.7. The van der Waals surface area contributed by atoms with Crippen LogP contribution in [-0.4, -0.2) is 29.5 Å². The third-order valence-corrected chi connectivity index (χ3v) is 8.36. The maximum absolute atomic E-state index is 12.4. The molecule has 0 aromatic heterocycles. The van der Waals surface area contributed by atoms with E-state index in [4.69, 9.17) is 58.0 Å². The SMILES string of the molecule is O=[N+]([O-])c1ccc(-c2c(Cl)c(-c3cc([N+](=O)[O-])c(-c4c([N+](=O)[O-])cc([N+](=O)[O-])c(Cl)c4Cl)c([N+](=O)[O-])c3Cl)cc(Cl)c2[N+](=O)[O-])cc1. The standard InChI is InChI=1S/C24H7Cl5N6O12/c25-12-5-10(19(26)16(23(12)34(44)45)8-1-3-9(4-2-8)30(36)37)11-6-13(31(38)39)18(24(20(11)27)35(46)47)17-14(32(40)41)7-15(33(42)43)21(28)22(17)29/h1-7H. The van der Waals surface area contributed by atoms with Gasteiger partial charge in [0.25, 0.3) is 28.4 Å². The summed E-state index contributed by atoms with van der Waals surface area (Å²) in [6.45, 7) is 0. The fourth-order valence-electron chi connectivity index (χ4n) is 4.51. The van der Waals surface area contributed by atoms with Crippen LogP contribution in [-0.2, 0) is 0 Å². The van der Waals surface area contributed by atoms with Gasteiger partial charge in [-0.15, -0.1) is 0 Å². The Morgan fingerprint density at radius 3 is 1.38 bits per heavy atom. The van der Waals surface area contributed by atoms with Gasteiger partial charge in [-0.05, 0) is 23.8 Å². The highest BCUT2D eigenvalue weighted by molar-refractivity contribution is 6.46. The molecular weight excluding hydrogens is 742 g/mol. The largest absolute Gasteiger partial charge is 0.303 e. The van der Waals surface area contributed by atoms with E-state index < -0.39 is 117 Å². The monoisotopic (exact) mass is 746 g/mol. The number of nitro groups is 6. The first-order valence-electron chi connectivity index (χ1n) is 11.8. The number of halogens is 5. The van der Waals surface area contributed by atoms with Crippen LogP contribution in [0.3, 0.4) is 0 Å². The lowest BCUT2D eigenvalue weighted by Gasteiger charge is -2.16. The Hall–Kier alpha value is -5.27. The molecule has 0 unspecified atom stereocenters. The van der Waals surface area contributed by atoms with E-state index in [0.717, 1.165) is 30.3 Å². The fourth-order valence-corrected chi connectivity index (χ4v) is 5.96. The number of nitrogens with zero attached hydrogens (tertiary/aromatic N) is 6. The molecule has 0 aliphatic heterocycles. The van der Waals surface area contributed by atoms with E-state index in [1.807, 2.05) is 0 Å². The van der Waals surface area contributed by atoms with E-state index in [9.17, 15) is 60.7 Å². The third kappa shape index (κ3) is 6.02. The van der Waals surface area contributed by atoms with E-state index in [1.54, 1.807) is 0 Å². The van der Waals surface area contributed by atoms with Crippen molar-refractivity contribution in [3.63, 3.8) is 0 Å². The van der Waals surface area contributed by atoms with Crippen LogP contribution in [0.1, 0.15) is 0 Å². The highest BCUT2D eigenvalue weighted by Gasteiger charge is 2.41. The molecule has 0 N–H and O–H groups in total. The van der Waals surface area contributed by atoms with Gasteiger partial charge in [0, 0.05) is 29.3 Å². The molecule has 0 heterocycles. The van der Waals surface area contributed by atoms with Gasteiger partial charge >= 0.3 is 5.69 Å². The smallest absolute Gasteiger partial charge is 0.258 e. The van der Waals surface area contributed by atoms with E-state index in [0.29, 0.717) is 12.1 Å². The van der Waals surface area contributed by atoms with Crippen molar-refractivity contribution in [2.75, 3.05) is 0 Å². The molecule has 23 heteroatoms.